The number of carbonyl (C=O) groups excluding carboxylic acids is 1. The van der Waals surface area contributed by atoms with Gasteiger partial charge in [0.1, 0.15) is 79.4 Å². The van der Waals surface area contributed by atoms with Crippen LogP contribution in [0.2, 0.25) is 0 Å². The molecule has 0 amide bonds. The maximum Gasteiger partial charge on any atom is 0.335 e. The highest BCUT2D eigenvalue weighted by atomic mass is 16.8. The molecule has 5 aliphatic heterocycles. The van der Waals surface area contributed by atoms with Crippen LogP contribution in [0.5, 0.6) is 0 Å². The molecular weight excluding hydrogens is 1020 g/mol. The molecule has 5 saturated heterocycles. The quantitative estimate of drug-likeness (QED) is 0.0657. The van der Waals surface area contributed by atoms with Gasteiger partial charge in [0.2, 0.25) is 0 Å². The molecule has 4 saturated carbocycles. The Bertz CT molecular complexity index is 2290. The van der Waals surface area contributed by atoms with Crippen molar-refractivity contribution in [1.29, 1.82) is 0 Å². The Morgan fingerprint density at radius 1 is 0.623 bits per heavy atom. The van der Waals surface area contributed by atoms with Crippen molar-refractivity contribution in [2.24, 2.45) is 50.2 Å². The second kappa shape index (κ2) is 20.1. The van der Waals surface area contributed by atoms with Crippen LogP contribution in [-0.4, -0.2) is 221 Å². The molecule has 436 valence electrons. The lowest BCUT2D eigenvalue weighted by Gasteiger charge is -2.71. The lowest BCUT2D eigenvalue weighted by atomic mass is 9.33. The van der Waals surface area contributed by atoms with E-state index < -0.39 is 159 Å². The summed E-state index contributed by atoms with van der Waals surface area (Å²) < 4.78 is 54.1. The van der Waals surface area contributed by atoms with Crippen LogP contribution in [0.3, 0.4) is 0 Å². The van der Waals surface area contributed by atoms with Crippen molar-refractivity contribution in [1.82, 2.24) is 0 Å². The molecular formula is C53H80O24. The van der Waals surface area contributed by atoms with Crippen LogP contribution in [0, 0.1) is 50.2 Å². The minimum Gasteiger partial charge on any atom is -0.479 e. The SMILES string of the molecule is C[C@@H]1O[C@@H](O[C@H]2[C@H](O[C@H]3[C@H](O[C@H]4CC[C@]5(C)[C@@H](CC[C@]6(C)[C@@H]5CC=C5C7C[C@]8(C)C[C@@H](OC8=O)[C@]7(C)CC[C@]56C)[C@@]4(C)CO)O[C@H](C(=O)O)[C@@H](O)[C@@H]3O)O[C@H](C(=O)O)[C@@H](O)[C@@H]2O[C@@H]2OC[C@@H](O)[C@H](O)[C@H]2O)[C@H](O)[C@H](O)[C@H]1O. The van der Waals surface area contributed by atoms with E-state index in [0.29, 0.717) is 12.8 Å². The van der Waals surface area contributed by atoms with Gasteiger partial charge in [0, 0.05) is 17.3 Å². The van der Waals surface area contributed by atoms with E-state index >= 15 is 0 Å². The number of hydrogen-bond donors (Lipinski definition) is 12. The summed E-state index contributed by atoms with van der Waals surface area (Å²) in [6.45, 7) is 13.6. The van der Waals surface area contributed by atoms with E-state index in [-0.39, 0.29) is 57.9 Å². The molecule has 9 fully saturated rings. The summed E-state index contributed by atoms with van der Waals surface area (Å²) in [7, 11) is 0. The molecule has 0 spiro atoms. The number of ether oxygens (including phenoxy) is 9. The van der Waals surface area contributed by atoms with Crippen LogP contribution in [0.4, 0.5) is 0 Å². The summed E-state index contributed by atoms with van der Waals surface area (Å²) in [5.41, 5.74) is -1.12. The Morgan fingerprint density at radius 2 is 1.25 bits per heavy atom. The summed E-state index contributed by atoms with van der Waals surface area (Å²) in [6.07, 6.45) is -29.8. The van der Waals surface area contributed by atoms with E-state index in [1.54, 1.807) is 0 Å². The van der Waals surface area contributed by atoms with E-state index in [1.807, 2.05) is 13.8 Å². The van der Waals surface area contributed by atoms with Crippen molar-refractivity contribution in [3.8, 4) is 0 Å². The Balaban J connectivity index is 0.959. The first-order valence-corrected chi connectivity index (χ1v) is 27.3. The highest BCUT2D eigenvalue weighted by Crippen LogP contribution is 2.76. The summed E-state index contributed by atoms with van der Waals surface area (Å²) >= 11 is 0. The Hall–Kier alpha value is -2.57. The Kier molecular flexibility index (Phi) is 15.1. The fourth-order valence-corrected chi connectivity index (χ4v) is 16.7. The maximum atomic E-state index is 13.3. The summed E-state index contributed by atoms with van der Waals surface area (Å²) in [4.78, 5) is 38.8. The van der Waals surface area contributed by atoms with Crippen molar-refractivity contribution in [2.45, 2.75) is 235 Å². The molecule has 5 aliphatic carbocycles. The molecule has 0 aromatic carbocycles. The number of rotatable bonds is 11. The molecule has 30 atom stereocenters. The summed E-state index contributed by atoms with van der Waals surface area (Å²) in [5, 5.41) is 131. The second-order valence-electron chi connectivity index (χ2n) is 25.8. The maximum absolute atomic E-state index is 13.3. The van der Waals surface area contributed by atoms with Crippen LogP contribution in [0.15, 0.2) is 11.6 Å². The first kappa shape index (κ1) is 57.7. The molecule has 0 radical (unpaired) electrons. The first-order valence-electron chi connectivity index (χ1n) is 27.3. The van der Waals surface area contributed by atoms with Gasteiger partial charge in [-0.25, -0.2) is 9.59 Å². The van der Waals surface area contributed by atoms with Crippen molar-refractivity contribution in [3.63, 3.8) is 0 Å². The van der Waals surface area contributed by atoms with Gasteiger partial charge in [0.15, 0.2) is 37.4 Å². The standard InChI is InChI=1S/C53H80O24/c1-20-28(56)30(58)34(62)44(70-20)77-40-36(73-43-33(61)29(57)23(55)18-69-43)35(63)38(42(66)67)75-46(40)76-39-32(60)31(59)37(41(64)65)74-45(39)71-26-11-12-50(4)24(51(26,5)19-54)10-13-53(7)25(50)9-8-21-22-16-48(2)17-27(72-47(48)68)49(22,3)14-15-52(21,53)6/h8,20,22-40,43-46,54-63H,9-19H2,1-7H3,(H,64,65)(H,66,67)/t20-,22?,23+,24+,25+,26-,27+,28-,29-,30+,31-,32-,33+,34+,35-,36-,37-,38-,39+,40+,43-,44-,45+,46-,48+,49+,50+,51+,52+,53+/m0/s1. The molecule has 24 nitrogen and oxygen atoms in total. The number of fused-ring (bicyclic) bond motifs is 10. The van der Waals surface area contributed by atoms with Gasteiger partial charge in [-0.2, -0.15) is 0 Å². The number of aliphatic carboxylic acids is 2. The van der Waals surface area contributed by atoms with Crippen LogP contribution < -0.4 is 0 Å². The largest absolute Gasteiger partial charge is 0.479 e. The van der Waals surface area contributed by atoms with E-state index in [2.05, 4.69) is 33.8 Å². The van der Waals surface area contributed by atoms with Crippen molar-refractivity contribution >= 4 is 17.9 Å². The number of carboxylic acids is 2. The second-order valence-corrected chi connectivity index (χ2v) is 25.8. The third-order valence-electron chi connectivity index (χ3n) is 21.7. The zero-order valence-corrected chi connectivity index (χ0v) is 44.5. The topological polar surface area (TPSA) is 377 Å². The lowest BCUT2D eigenvalue weighted by Crippen LogP contribution is -2.69. The molecule has 24 heteroatoms. The van der Waals surface area contributed by atoms with Gasteiger partial charge in [-0.05, 0) is 99.2 Å². The van der Waals surface area contributed by atoms with E-state index in [1.165, 1.54) is 12.5 Å². The minimum atomic E-state index is -2.29. The van der Waals surface area contributed by atoms with E-state index in [4.69, 9.17) is 42.6 Å². The number of aliphatic hydroxyl groups is 10. The highest BCUT2D eigenvalue weighted by Gasteiger charge is 2.72. The molecule has 5 heterocycles. The molecule has 0 aromatic rings. The van der Waals surface area contributed by atoms with Gasteiger partial charge in [-0.15, -0.1) is 0 Å². The van der Waals surface area contributed by atoms with Crippen LogP contribution in [0.1, 0.15) is 106 Å². The van der Waals surface area contributed by atoms with Crippen LogP contribution in [0.25, 0.3) is 0 Å². The average molecular weight is 1100 g/mol. The number of carboxylic acid groups (broad SMARTS) is 2. The molecule has 10 aliphatic rings. The van der Waals surface area contributed by atoms with Crippen molar-refractivity contribution in [2.75, 3.05) is 13.2 Å². The van der Waals surface area contributed by atoms with Gasteiger partial charge in [-0.3, -0.25) is 4.79 Å². The number of aliphatic hydroxyl groups excluding tert-OH is 10. The molecule has 1 unspecified atom stereocenters. The number of allylic oxidation sites excluding steroid dienone is 2. The molecule has 12 N–H and O–H groups in total. The van der Waals surface area contributed by atoms with Gasteiger partial charge in [-0.1, -0.05) is 46.3 Å². The van der Waals surface area contributed by atoms with Crippen LogP contribution >= 0.6 is 0 Å². The minimum absolute atomic E-state index is 0.109. The third kappa shape index (κ3) is 8.79. The fourth-order valence-electron chi connectivity index (χ4n) is 16.7. The number of esters is 1. The van der Waals surface area contributed by atoms with Gasteiger partial charge >= 0.3 is 17.9 Å². The van der Waals surface area contributed by atoms with Gasteiger partial charge in [0.05, 0.1) is 30.8 Å². The average Bonchev–Trinajstić information content (AvgIpc) is 3.65. The predicted octanol–water partition coefficient (Wildman–Crippen LogP) is -1.20. The van der Waals surface area contributed by atoms with Crippen molar-refractivity contribution in [3.05, 3.63) is 11.6 Å². The normalized spacial score (nSPS) is 56.4. The number of carbonyl (C=O) groups is 3. The molecule has 10 rings (SSSR count). The lowest BCUT2D eigenvalue weighted by molar-refractivity contribution is -0.405. The zero-order chi connectivity index (χ0) is 56.0. The Labute approximate surface area is 445 Å². The number of hydrogen-bond acceptors (Lipinski definition) is 22. The monoisotopic (exact) mass is 1100 g/mol. The molecule has 0 aromatic heterocycles. The van der Waals surface area contributed by atoms with Crippen LogP contribution in [-0.2, 0) is 57.0 Å². The smallest absolute Gasteiger partial charge is 0.335 e. The molecule has 77 heavy (non-hydrogen) atoms. The summed E-state index contributed by atoms with van der Waals surface area (Å²) in [5.74, 6) is -3.49. The molecule has 2 bridgehead atoms. The van der Waals surface area contributed by atoms with E-state index in [0.717, 1.165) is 38.5 Å². The van der Waals surface area contributed by atoms with E-state index in [9.17, 15) is 75.7 Å². The highest BCUT2D eigenvalue weighted by molar-refractivity contribution is 5.79. The zero-order valence-electron chi connectivity index (χ0n) is 44.5. The summed E-state index contributed by atoms with van der Waals surface area (Å²) in [6, 6.07) is 0. The van der Waals surface area contributed by atoms with Crippen molar-refractivity contribution < 1.29 is 118 Å². The first-order chi connectivity index (χ1) is 36.0. The van der Waals surface area contributed by atoms with Gasteiger partial charge in [0.25, 0.3) is 0 Å². The predicted molar refractivity (Wildman–Crippen MR) is 256 cm³/mol. The third-order valence-corrected chi connectivity index (χ3v) is 21.7. The van der Waals surface area contributed by atoms with Gasteiger partial charge < -0.3 is 104 Å². The fraction of sp³-hybridized carbons (Fsp3) is 0.906. The Morgan fingerprint density at radius 3 is 1.91 bits per heavy atom.